The lowest BCUT2D eigenvalue weighted by Crippen LogP contribution is -2.09. The van der Waals surface area contributed by atoms with Crippen molar-refractivity contribution >= 4 is 28.8 Å². The number of carbonyl (C=O) groups is 2. The van der Waals surface area contributed by atoms with E-state index in [-0.39, 0.29) is 11.5 Å². The van der Waals surface area contributed by atoms with Crippen LogP contribution in [0.5, 0.6) is 11.5 Å². The zero-order chi connectivity index (χ0) is 20.9. The lowest BCUT2D eigenvalue weighted by Gasteiger charge is -2.08. The van der Waals surface area contributed by atoms with E-state index in [0.717, 1.165) is 5.39 Å². The van der Waals surface area contributed by atoms with Gasteiger partial charge in [0.2, 0.25) is 5.78 Å². The molecule has 0 radical (unpaired) electrons. The van der Waals surface area contributed by atoms with Crippen LogP contribution < -0.4 is 9.47 Å². The maximum Gasteiger partial charge on any atom is 0.343 e. The van der Waals surface area contributed by atoms with E-state index in [1.165, 1.54) is 13.2 Å². The fourth-order valence-electron chi connectivity index (χ4n) is 2.97. The summed E-state index contributed by atoms with van der Waals surface area (Å²) in [4.78, 5) is 25.0. The quantitative estimate of drug-likeness (QED) is 0.184. The molecular formula is C25H18O5. The molecule has 4 aromatic rings. The molecule has 4 rings (SSSR count). The van der Waals surface area contributed by atoms with Gasteiger partial charge >= 0.3 is 5.97 Å². The second-order valence-corrected chi connectivity index (χ2v) is 6.51. The number of allylic oxidation sites excluding steroid dienone is 1. The van der Waals surface area contributed by atoms with Crippen molar-refractivity contribution in [1.29, 1.82) is 0 Å². The van der Waals surface area contributed by atoms with Gasteiger partial charge in [-0.05, 0) is 48.6 Å². The molecule has 5 nitrogen and oxygen atoms in total. The van der Waals surface area contributed by atoms with Gasteiger partial charge in [0.05, 0.1) is 12.7 Å². The Morgan fingerprint density at radius 1 is 0.900 bits per heavy atom. The Balaban J connectivity index is 1.53. The topological polar surface area (TPSA) is 65.7 Å². The highest BCUT2D eigenvalue weighted by Crippen LogP contribution is 2.23. The molecule has 0 atom stereocenters. The third-order valence-corrected chi connectivity index (χ3v) is 4.51. The number of esters is 1. The average Bonchev–Trinajstić information content (AvgIpc) is 3.23. The van der Waals surface area contributed by atoms with E-state index in [1.54, 1.807) is 60.7 Å². The van der Waals surface area contributed by atoms with Crippen LogP contribution in [0, 0.1) is 0 Å². The van der Waals surface area contributed by atoms with E-state index in [2.05, 4.69) is 0 Å². The average molecular weight is 398 g/mol. The number of hydrogen-bond donors (Lipinski definition) is 0. The SMILES string of the molecule is COc1cccc(C(=O)Oc2ccccc2/C=C/C(=O)c2cc3ccccc3o2)c1. The normalized spacial score (nSPS) is 11.0. The van der Waals surface area contributed by atoms with E-state index >= 15 is 0 Å². The maximum absolute atomic E-state index is 12.5. The highest BCUT2D eigenvalue weighted by molar-refractivity contribution is 6.07. The lowest BCUT2D eigenvalue weighted by atomic mass is 10.1. The molecule has 0 amide bonds. The Hall–Kier alpha value is -4.12. The van der Waals surface area contributed by atoms with Gasteiger partial charge in [0.1, 0.15) is 17.1 Å². The fraction of sp³-hybridized carbons (Fsp3) is 0.0400. The summed E-state index contributed by atoms with van der Waals surface area (Å²) in [5.74, 6) is 0.366. The van der Waals surface area contributed by atoms with Gasteiger partial charge in [-0.1, -0.05) is 42.5 Å². The predicted molar refractivity (Wildman–Crippen MR) is 114 cm³/mol. The molecule has 0 saturated carbocycles. The first-order valence-electron chi connectivity index (χ1n) is 9.30. The third-order valence-electron chi connectivity index (χ3n) is 4.51. The standard InChI is InChI=1S/C25H18O5/c1-28-20-10-6-9-19(15-20)25(27)30-22-11-4-2-7-17(22)13-14-21(26)24-16-18-8-3-5-12-23(18)29-24/h2-16H,1H3/b14-13+. The number of ketones is 1. The minimum Gasteiger partial charge on any atom is -0.497 e. The van der Waals surface area contributed by atoms with Crippen molar-refractivity contribution in [3.63, 3.8) is 0 Å². The summed E-state index contributed by atoms with van der Waals surface area (Å²) in [6, 6.07) is 22.8. The summed E-state index contributed by atoms with van der Waals surface area (Å²) in [5.41, 5.74) is 1.62. The Morgan fingerprint density at radius 3 is 2.53 bits per heavy atom. The molecule has 0 unspecified atom stereocenters. The van der Waals surface area contributed by atoms with Gasteiger partial charge in [0.25, 0.3) is 0 Å². The predicted octanol–water partition coefficient (Wildman–Crippen LogP) is 5.56. The second kappa shape index (κ2) is 8.49. The Kier molecular flexibility index (Phi) is 5.44. The van der Waals surface area contributed by atoms with Gasteiger partial charge in [-0.3, -0.25) is 4.79 Å². The zero-order valence-corrected chi connectivity index (χ0v) is 16.2. The third kappa shape index (κ3) is 4.15. The van der Waals surface area contributed by atoms with Crippen molar-refractivity contribution in [2.45, 2.75) is 0 Å². The van der Waals surface area contributed by atoms with Crippen LogP contribution in [0.4, 0.5) is 0 Å². The van der Waals surface area contributed by atoms with Gasteiger partial charge in [-0.2, -0.15) is 0 Å². The summed E-state index contributed by atoms with van der Waals surface area (Å²) in [7, 11) is 1.53. The molecule has 0 fully saturated rings. The lowest BCUT2D eigenvalue weighted by molar-refractivity contribution is 0.0734. The summed E-state index contributed by atoms with van der Waals surface area (Å²) in [6.07, 6.45) is 3.00. The van der Waals surface area contributed by atoms with Crippen molar-refractivity contribution < 1.29 is 23.5 Å². The van der Waals surface area contributed by atoms with Crippen LogP contribution in [0.1, 0.15) is 26.5 Å². The van der Waals surface area contributed by atoms with Crippen LogP contribution in [0.2, 0.25) is 0 Å². The largest absolute Gasteiger partial charge is 0.497 e. The van der Waals surface area contributed by atoms with Crippen LogP contribution in [0.15, 0.2) is 89.4 Å². The number of methoxy groups -OCH3 is 1. The summed E-state index contributed by atoms with van der Waals surface area (Å²) >= 11 is 0. The fourth-order valence-corrected chi connectivity index (χ4v) is 2.97. The number of para-hydroxylation sites is 2. The number of hydrogen-bond acceptors (Lipinski definition) is 5. The van der Waals surface area contributed by atoms with E-state index in [1.807, 2.05) is 24.3 Å². The monoisotopic (exact) mass is 398 g/mol. The first-order valence-corrected chi connectivity index (χ1v) is 9.30. The molecule has 30 heavy (non-hydrogen) atoms. The first-order chi connectivity index (χ1) is 14.6. The van der Waals surface area contributed by atoms with Crippen LogP contribution in [-0.2, 0) is 0 Å². The molecule has 0 bridgehead atoms. The van der Waals surface area contributed by atoms with Gasteiger partial charge in [0.15, 0.2) is 5.76 Å². The van der Waals surface area contributed by atoms with Crippen molar-refractivity contribution in [3.8, 4) is 11.5 Å². The van der Waals surface area contributed by atoms with E-state index in [9.17, 15) is 9.59 Å². The molecule has 1 aromatic heterocycles. The van der Waals surface area contributed by atoms with Crippen molar-refractivity contribution in [3.05, 3.63) is 102 Å². The van der Waals surface area contributed by atoms with E-state index in [4.69, 9.17) is 13.9 Å². The highest BCUT2D eigenvalue weighted by Gasteiger charge is 2.13. The van der Waals surface area contributed by atoms with E-state index in [0.29, 0.717) is 28.2 Å². The number of fused-ring (bicyclic) bond motifs is 1. The molecule has 148 valence electrons. The number of ether oxygens (including phenoxy) is 2. The molecule has 1 heterocycles. The van der Waals surface area contributed by atoms with Crippen molar-refractivity contribution in [2.24, 2.45) is 0 Å². The Bertz CT molecular complexity index is 1220. The molecule has 0 aliphatic carbocycles. The summed E-state index contributed by atoms with van der Waals surface area (Å²) in [5, 5.41) is 0.863. The number of furan rings is 1. The minimum atomic E-state index is -0.515. The molecule has 3 aromatic carbocycles. The van der Waals surface area contributed by atoms with Gasteiger partial charge in [0, 0.05) is 10.9 Å². The number of rotatable bonds is 6. The second-order valence-electron chi connectivity index (χ2n) is 6.51. The molecular weight excluding hydrogens is 380 g/mol. The summed E-state index contributed by atoms with van der Waals surface area (Å²) < 4.78 is 16.3. The molecule has 0 N–H and O–H groups in total. The molecule has 5 heteroatoms. The van der Waals surface area contributed by atoms with Crippen molar-refractivity contribution in [2.75, 3.05) is 7.11 Å². The maximum atomic E-state index is 12.5. The van der Waals surface area contributed by atoms with Crippen molar-refractivity contribution in [1.82, 2.24) is 0 Å². The number of benzene rings is 3. The summed E-state index contributed by atoms with van der Waals surface area (Å²) in [6.45, 7) is 0. The smallest absolute Gasteiger partial charge is 0.343 e. The van der Waals surface area contributed by atoms with Gasteiger partial charge in [-0.15, -0.1) is 0 Å². The van der Waals surface area contributed by atoms with E-state index < -0.39 is 5.97 Å². The Morgan fingerprint density at radius 2 is 1.70 bits per heavy atom. The minimum absolute atomic E-state index is 0.248. The molecule has 0 spiro atoms. The van der Waals surface area contributed by atoms with Crippen LogP contribution >= 0.6 is 0 Å². The zero-order valence-electron chi connectivity index (χ0n) is 16.2. The van der Waals surface area contributed by atoms with Crippen LogP contribution in [-0.4, -0.2) is 18.9 Å². The highest BCUT2D eigenvalue weighted by atomic mass is 16.5. The van der Waals surface area contributed by atoms with Gasteiger partial charge < -0.3 is 13.9 Å². The Labute approximate surface area is 173 Å². The molecule has 0 aliphatic rings. The first kappa shape index (κ1) is 19.2. The van der Waals surface area contributed by atoms with Gasteiger partial charge in [-0.25, -0.2) is 4.79 Å². The molecule has 0 aliphatic heterocycles. The van der Waals surface area contributed by atoms with Crippen LogP contribution in [0.25, 0.3) is 17.0 Å². The van der Waals surface area contributed by atoms with Crippen LogP contribution in [0.3, 0.4) is 0 Å². The number of carbonyl (C=O) groups excluding carboxylic acids is 2. The molecule has 0 saturated heterocycles.